The van der Waals surface area contributed by atoms with Crippen LogP contribution in [0.3, 0.4) is 0 Å². The molecule has 1 heterocycles. The summed E-state index contributed by atoms with van der Waals surface area (Å²) in [7, 11) is 0. The molecule has 0 bridgehead atoms. The van der Waals surface area contributed by atoms with Crippen LogP contribution in [0.15, 0.2) is 11.8 Å². The highest BCUT2D eigenvalue weighted by Gasteiger charge is 2.41. The highest BCUT2D eigenvalue weighted by Crippen LogP contribution is 2.35. The molecular formula is C9H13NO2. The Bertz CT molecular complexity index is 239. The van der Waals surface area contributed by atoms with Gasteiger partial charge in [-0.25, -0.2) is 0 Å². The lowest BCUT2D eigenvalue weighted by Crippen LogP contribution is -2.46. The molecule has 66 valence electrons. The third kappa shape index (κ3) is 1.00. The van der Waals surface area contributed by atoms with Crippen LogP contribution in [0.2, 0.25) is 0 Å². The molecule has 0 aromatic carbocycles. The van der Waals surface area contributed by atoms with Crippen molar-refractivity contribution in [3.63, 3.8) is 0 Å². The van der Waals surface area contributed by atoms with Gasteiger partial charge in [-0.2, -0.15) is 0 Å². The van der Waals surface area contributed by atoms with E-state index in [9.17, 15) is 9.90 Å². The minimum Gasteiger partial charge on any atom is -0.510 e. The van der Waals surface area contributed by atoms with Crippen LogP contribution < -0.4 is 5.32 Å². The van der Waals surface area contributed by atoms with Crippen LogP contribution >= 0.6 is 0 Å². The molecule has 2 aliphatic rings. The van der Waals surface area contributed by atoms with Gasteiger partial charge >= 0.3 is 0 Å². The van der Waals surface area contributed by atoms with Gasteiger partial charge in [0.25, 0.3) is 0 Å². The second-order valence-corrected chi connectivity index (χ2v) is 3.66. The van der Waals surface area contributed by atoms with E-state index in [0.717, 1.165) is 25.7 Å². The Morgan fingerprint density at radius 1 is 1.33 bits per heavy atom. The van der Waals surface area contributed by atoms with E-state index in [0.29, 0.717) is 0 Å². The van der Waals surface area contributed by atoms with Gasteiger partial charge < -0.3 is 10.4 Å². The van der Waals surface area contributed by atoms with Gasteiger partial charge in [-0.15, -0.1) is 0 Å². The van der Waals surface area contributed by atoms with Gasteiger partial charge in [0.2, 0.25) is 5.91 Å². The normalized spacial score (nSPS) is 27.0. The summed E-state index contributed by atoms with van der Waals surface area (Å²) in [5.41, 5.74) is -0.380. The van der Waals surface area contributed by atoms with Crippen molar-refractivity contribution in [1.82, 2.24) is 5.32 Å². The number of aliphatic hydroxyl groups excluding tert-OH is 1. The summed E-state index contributed by atoms with van der Waals surface area (Å²) in [6, 6.07) is 0. The van der Waals surface area contributed by atoms with Crippen molar-refractivity contribution in [1.29, 1.82) is 0 Å². The molecule has 0 atom stereocenters. The zero-order valence-corrected chi connectivity index (χ0v) is 6.97. The molecule has 1 spiro atoms. The Balaban J connectivity index is 2.21. The van der Waals surface area contributed by atoms with Gasteiger partial charge in [0.15, 0.2) is 0 Å². The molecule has 0 aromatic heterocycles. The second kappa shape index (κ2) is 2.51. The van der Waals surface area contributed by atoms with Crippen LogP contribution in [0.25, 0.3) is 0 Å². The fourth-order valence-corrected chi connectivity index (χ4v) is 2.13. The molecule has 2 N–H and O–H groups in total. The quantitative estimate of drug-likeness (QED) is 0.570. The Morgan fingerprint density at radius 3 is 2.50 bits per heavy atom. The summed E-state index contributed by atoms with van der Waals surface area (Å²) >= 11 is 0. The molecule has 3 nitrogen and oxygen atoms in total. The summed E-state index contributed by atoms with van der Waals surface area (Å²) < 4.78 is 0. The van der Waals surface area contributed by atoms with E-state index in [-0.39, 0.29) is 17.2 Å². The molecular weight excluding hydrogens is 154 g/mol. The summed E-state index contributed by atoms with van der Waals surface area (Å²) in [6.07, 6.45) is 6.49. The van der Waals surface area contributed by atoms with Gasteiger partial charge in [-0.05, 0) is 12.8 Å². The maximum atomic E-state index is 11.0. The van der Waals surface area contributed by atoms with E-state index in [4.69, 9.17) is 0 Å². The Labute approximate surface area is 71.5 Å². The molecule has 3 heteroatoms. The van der Waals surface area contributed by atoms with Gasteiger partial charge in [0.05, 0.1) is 5.54 Å². The Hall–Kier alpha value is -0.990. The monoisotopic (exact) mass is 167 g/mol. The Morgan fingerprint density at radius 2 is 2.00 bits per heavy atom. The van der Waals surface area contributed by atoms with Crippen molar-refractivity contribution < 1.29 is 9.90 Å². The van der Waals surface area contributed by atoms with Gasteiger partial charge in [-0.3, -0.25) is 4.79 Å². The zero-order chi connectivity index (χ0) is 8.60. The van der Waals surface area contributed by atoms with E-state index in [2.05, 4.69) is 5.32 Å². The SMILES string of the molecule is O=C1C=C(O)C2(CCCCC2)N1. The number of amides is 1. The third-order valence-corrected chi connectivity index (χ3v) is 2.83. The molecule has 1 amide bonds. The van der Waals surface area contributed by atoms with E-state index in [1.165, 1.54) is 12.5 Å². The summed E-state index contributed by atoms with van der Waals surface area (Å²) in [4.78, 5) is 11.0. The first-order valence-electron chi connectivity index (χ1n) is 4.46. The summed E-state index contributed by atoms with van der Waals surface area (Å²) in [5.74, 6) is 0.0987. The highest BCUT2D eigenvalue weighted by molar-refractivity contribution is 5.92. The van der Waals surface area contributed by atoms with E-state index in [1.807, 2.05) is 0 Å². The van der Waals surface area contributed by atoms with Crippen molar-refractivity contribution in [3.05, 3.63) is 11.8 Å². The third-order valence-electron chi connectivity index (χ3n) is 2.83. The lowest BCUT2D eigenvalue weighted by molar-refractivity contribution is -0.117. The van der Waals surface area contributed by atoms with Crippen molar-refractivity contribution in [2.45, 2.75) is 37.6 Å². The lowest BCUT2D eigenvalue weighted by Gasteiger charge is -2.33. The fraction of sp³-hybridized carbons (Fsp3) is 0.667. The van der Waals surface area contributed by atoms with Crippen LogP contribution in [-0.2, 0) is 4.79 Å². The van der Waals surface area contributed by atoms with Crippen molar-refractivity contribution in [3.8, 4) is 0 Å². The first-order valence-corrected chi connectivity index (χ1v) is 4.46. The molecule has 0 aromatic rings. The molecule has 0 unspecified atom stereocenters. The van der Waals surface area contributed by atoms with Crippen molar-refractivity contribution in [2.75, 3.05) is 0 Å². The number of hydrogen-bond acceptors (Lipinski definition) is 2. The molecule has 1 aliphatic heterocycles. The predicted octanol–water partition coefficient (Wildman–Crippen LogP) is 1.26. The number of aliphatic hydroxyl groups is 1. The highest BCUT2D eigenvalue weighted by atomic mass is 16.3. The van der Waals surface area contributed by atoms with Crippen LogP contribution in [0.4, 0.5) is 0 Å². The first kappa shape index (κ1) is 7.65. The summed E-state index contributed by atoms with van der Waals surface area (Å²) in [6.45, 7) is 0. The number of nitrogens with one attached hydrogen (secondary N) is 1. The maximum Gasteiger partial charge on any atom is 0.248 e. The molecule has 1 fully saturated rings. The van der Waals surface area contributed by atoms with Crippen LogP contribution in [-0.4, -0.2) is 16.6 Å². The largest absolute Gasteiger partial charge is 0.510 e. The summed E-state index contributed by atoms with van der Waals surface area (Å²) in [5, 5.41) is 12.4. The topological polar surface area (TPSA) is 49.3 Å². The smallest absolute Gasteiger partial charge is 0.248 e. The standard InChI is InChI=1S/C9H13NO2/c11-7-6-8(12)10-9(7)4-2-1-3-5-9/h6,11H,1-5H2,(H,10,12). The first-order chi connectivity index (χ1) is 5.73. The number of rotatable bonds is 0. The molecule has 0 radical (unpaired) electrons. The van der Waals surface area contributed by atoms with E-state index < -0.39 is 0 Å². The second-order valence-electron chi connectivity index (χ2n) is 3.66. The number of hydrogen-bond donors (Lipinski definition) is 2. The van der Waals surface area contributed by atoms with E-state index in [1.54, 1.807) is 0 Å². The molecule has 1 saturated carbocycles. The van der Waals surface area contributed by atoms with Gasteiger partial charge in [-0.1, -0.05) is 19.3 Å². The minimum atomic E-state index is -0.380. The minimum absolute atomic E-state index is 0.144. The molecule has 0 saturated heterocycles. The van der Waals surface area contributed by atoms with Gasteiger partial charge in [0.1, 0.15) is 5.76 Å². The average Bonchev–Trinajstić information content (AvgIpc) is 2.29. The van der Waals surface area contributed by atoms with E-state index >= 15 is 0 Å². The number of carbonyl (C=O) groups is 1. The predicted molar refractivity (Wildman–Crippen MR) is 44.7 cm³/mol. The average molecular weight is 167 g/mol. The number of carbonyl (C=O) groups excluding carboxylic acids is 1. The molecule has 12 heavy (non-hydrogen) atoms. The van der Waals surface area contributed by atoms with Crippen LogP contribution in [0, 0.1) is 0 Å². The molecule has 1 aliphatic carbocycles. The fourth-order valence-electron chi connectivity index (χ4n) is 2.13. The zero-order valence-electron chi connectivity index (χ0n) is 6.97. The van der Waals surface area contributed by atoms with Crippen molar-refractivity contribution in [2.24, 2.45) is 0 Å². The van der Waals surface area contributed by atoms with Crippen LogP contribution in [0.1, 0.15) is 32.1 Å². The van der Waals surface area contributed by atoms with Crippen LogP contribution in [0.5, 0.6) is 0 Å². The van der Waals surface area contributed by atoms with Gasteiger partial charge in [0, 0.05) is 6.08 Å². The molecule has 2 rings (SSSR count). The Kier molecular flexibility index (Phi) is 1.60. The lowest BCUT2D eigenvalue weighted by atomic mass is 9.81. The maximum absolute atomic E-state index is 11.0. The van der Waals surface area contributed by atoms with Crippen molar-refractivity contribution >= 4 is 5.91 Å².